The standard InChI is InChI=1S/C17H17N3O3/c1-11-4-5-12(2)16(10-11)13(3)18-19-17(21)14-6-8-15(9-7-14)20(22)23/h4-10H,1-3H3,(H,19,21)/b18-13+. The van der Waals surface area contributed by atoms with E-state index < -0.39 is 10.8 Å². The number of hydrazone groups is 1. The van der Waals surface area contributed by atoms with Crippen molar-refractivity contribution in [1.82, 2.24) is 5.43 Å². The number of nitro groups is 1. The number of nitrogens with zero attached hydrogens (tertiary/aromatic N) is 2. The molecule has 1 amide bonds. The van der Waals surface area contributed by atoms with Gasteiger partial charge < -0.3 is 0 Å². The fourth-order valence-electron chi connectivity index (χ4n) is 2.12. The van der Waals surface area contributed by atoms with Gasteiger partial charge in [-0.25, -0.2) is 5.43 Å². The average molecular weight is 311 g/mol. The van der Waals surface area contributed by atoms with Crippen molar-refractivity contribution in [1.29, 1.82) is 0 Å². The van der Waals surface area contributed by atoms with Gasteiger partial charge in [0.2, 0.25) is 0 Å². The van der Waals surface area contributed by atoms with Crippen molar-refractivity contribution < 1.29 is 9.72 Å². The van der Waals surface area contributed by atoms with Crippen LogP contribution in [0, 0.1) is 24.0 Å². The van der Waals surface area contributed by atoms with E-state index in [9.17, 15) is 14.9 Å². The average Bonchev–Trinajstić information content (AvgIpc) is 2.54. The maximum atomic E-state index is 12.0. The number of rotatable bonds is 4. The molecular formula is C17H17N3O3. The summed E-state index contributed by atoms with van der Waals surface area (Å²) in [6, 6.07) is 11.4. The molecule has 2 aromatic rings. The Balaban J connectivity index is 2.13. The summed E-state index contributed by atoms with van der Waals surface area (Å²) < 4.78 is 0. The van der Waals surface area contributed by atoms with Gasteiger partial charge in [-0.15, -0.1) is 0 Å². The van der Waals surface area contributed by atoms with Gasteiger partial charge >= 0.3 is 0 Å². The minimum Gasteiger partial charge on any atom is -0.267 e. The number of carbonyl (C=O) groups is 1. The van der Waals surface area contributed by atoms with Gasteiger partial charge in [0.05, 0.1) is 10.6 Å². The summed E-state index contributed by atoms with van der Waals surface area (Å²) >= 11 is 0. The molecule has 0 radical (unpaired) electrons. The van der Waals surface area contributed by atoms with E-state index in [1.54, 1.807) is 0 Å². The second-order valence-electron chi connectivity index (χ2n) is 5.26. The van der Waals surface area contributed by atoms with Gasteiger partial charge in [-0.2, -0.15) is 5.10 Å². The van der Waals surface area contributed by atoms with Gasteiger partial charge in [-0.05, 0) is 44.5 Å². The lowest BCUT2D eigenvalue weighted by molar-refractivity contribution is -0.384. The number of nitro benzene ring substituents is 1. The molecule has 1 N–H and O–H groups in total. The number of benzene rings is 2. The quantitative estimate of drug-likeness (QED) is 0.533. The van der Waals surface area contributed by atoms with Crippen LogP contribution in [0.3, 0.4) is 0 Å². The van der Waals surface area contributed by atoms with Crippen LogP contribution in [-0.2, 0) is 0 Å². The Bertz CT molecular complexity index is 780. The second-order valence-corrected chi connectivity index (χ2v) is 5.26. The van der Waals surface area contributed by atoms with Gasteiger partial charge in [0.1, 0.15) is 0 Å². The minimum atomic E-state index is -0.509. The van der Waals surface area contributed by atoms with Crippen LogP contribution in [0.1, 0.15) is 34.0 Å². The van der Waals surface area contributed by atoms with Crippen molar-refractivity contribution in [2.45, 2.75) is 20.8 Å². The van der Waals surface area contributed by atoms with E-state index in [4.69, 9.17) is 0 Å². The summed E-state index contributed by atoms with van der Waals surface area (Å²) in [5, 5.41) is 14.7. The third-order valence-electron chi connectivity index (χ3n) is 3.45. The van der Waals surface area contributed by atoms with Crippen LogP contribution in [0.4, 0.5) is 5.69 Å². The molecule has 0 fully saturated rings. The molecule has 2 aromatic carbocycles. The molecule has 0 atom stereocenters. The van der Waals surface area contributed by atoms with Crippen LogP contribution < -0.4 is 5.43 Å². The summed E-state index contributed by atoms with van der Waals surface area (Å²) in [5.74, 6) is -0.412. The highest BCUT2D eigenvalue weighted by atomic mass is 16.6. The molecule has 0 aliphatic carbocycles. The largest absolute Gasteiger partial charge is 0.271 e. The lowest BCUT2D eigenvalue weighted by Crippen LogP contribution is -2.19. The van der Waals surface area contributed by atoms with E-state index >= 15 is 0 Å². The number of aryl methyl sites for hydroxylation is 2. The van der Waals surface area contributed by atoms with E-state index in [0.717, 1.165) is 16.7 Å². The molecule has 0 saturated heterocycles. The van der Waals surface area contributed by atoms with Crippen LogP contribution in [0.2, 0.25) is 0 Å². The van der Waals surface area contributed by atoms with Crippen molar-refractivity contribution in [3.63, 3.8) is 0 Å². The first-order chi connectivity index (χ1) is 10.9. The highest BCUT2D eigenvalue weighted by Crippen LogP contribution is 2.13. The molecule has 6 heteroatoms. The van der Waals surface area contributed by atoms with Crippen molar-refractivity contribution in [2.75, 3.05) is 0 Å². The Morgan fingerprint density at radius 1 is 1.13 bits per heavy atom. The molecular weight excluding hydrogens is 294 g/mol. The molecule has 118 valence electrons. The lowest BCUT2D eigenvalue weighted by Gasteiger charge is -2.07. The predicted octanol–water partition coefficient (Wildman–Crippen LogP) is 3.37. The van der Waals surface area contributed by atoms with Crippen LogP contribution in [0.5, 0.6) is 0 Å². The third-order valence-corrected chi connectivity index (χ3v) is 3.45. The van der Waals surface area contributed by atoms with Gasteiger partial charge in [0, 0.05) is 23.3 Å². The number of hydrogen-bond acceptors (Lipinski definition) is 4. The summed E-state index contributed by atoms with van der Waals surface area (Å²) in [6.45, 7) is 5.79. The van der Waals surface area contributed by atoms with Crippen molar-refractivity contribution in [3.8, 4) is 0 Å². The van der Waals surface area contributed by atoms with E-state index in [1.165, 1.54) is 24.3 Å². The number of carbonyl (C=O) groups excluding carboxylic acids is 1. The fraction of sp³-hybridized carbons (Fsp3) is 0.176. The van der Waals surface area contributed by atoms with Crippen LogP contribution in [0.25, 0.3) is 0 Å². The molecule has 2 rings (SSSR count). The third kappa shape index (κ3) is 4.00. The molecule has 0 spiro atoms. The Morgan fingerprint density at radius 2 is 1.78 bits per heavy atom. The summed E-state index contributed by atoms with van der Waals surface area (Å²) in [5.41, 5.74) is 6.57. The summed E-state index contributed by atoms with van der Waals surface area (Å²) in [7, 11) is 0. The lowest BCUT2D eigenvalue weighted by atomic mass is 10.0. The van der Waals surface area contributed by atoms with Crippen LogP contribution in [-0.4, -0.2) is 16.5 Å². The normalized spacial score (nSPS) is 11.2. The second kappa shape index (κ2) is 6.83. The Hall–Kier alpha value is -3.02. The molecule has 0 saturated carbocycles. The zero-order valence-electron chi connectivity index (χ0n) is 13.2. The number of amides is 1. The highest BCUT2D eigenvalue weighted by Gasteiger charge is 2.09. The number of non-ortho nitro benzene ring substituents is 1. The van der Waals surface area contributed by atoms with Gasteiger partial charge in [-0.3, -0.25) is 14.9 Å². The summed E-state index contributed by atoms with van der Waals surface area (Å²) in [4.78, 5) is 22.1. The first-order valence-corrected chi connectivity index (χ1v) is 7.05. The topological polar surface area (TPSA) is 84.6 Å². The number of nitrogens with one attached hydrogen (secondary N) is 1. The van der Waals surface area contributed by atoms with E-state index in [-0.39, 0.29) is 5.69 Å². The van der Waals surface area contributed by atoms with Crippen molar-refractivity contribution in [3.05, 3.63) is 74.8 Å². The van der Waals surface area contributed by atoms with E-state index in [1.807, 2.05) is 39.0 Å². The molecule has 0 unspecified atom stereocenters. The van der Waals surface area contributed by atoms with Gasteiger partial charge in [0.25, 0.3) is 11.6 Å². The van der Waals surface area contributed by atoms with Crippen molar-refractivity contribution >= 4 is 17.3 Å². The molecule has 6 nitrogen and oxygen atoms in total. The maximum absolute atomic E-state index is 12.0. The molecule has 0 aliphatic heterocycles. The highest BCUT2D eigenvalue weighted by molar-refractivity contribution is 6.01. The first-order valence-electron chi connectivity index (χ1n) is 7.05. The summed E-state index contributed by atoms with van der Waals surface area (Å²) in [6.07, 6.45) is 0. The molecule has 0 heterocycles. The first kappa shape index (κ1) is 16.4. The Morgan fingerprint density at radius 3 is 2.39 bits per heavy atom. The Kier molecular flexibility index (Phi) is 4.85. The SMILES string of the molecule is C/C(=N\NC(=O)c1ccc([N+](=O)[O-])cc1)c1cc(C)ccc1C. The minimum absolute atomic E-state index is 0.0587. The van der Waals surface area contributed by atoms with Crippen LogP contribution in [0.15, 0.2) is 47.6 Å². The Labute approximate surface area is 134 Å². The number of hydrogen-bond donors (Lipinski definition) is 1. The van der Waals surface area contributed by atoms with Gasteiger partial charge in [0.15, 0.2) is 0 Å². The van der Waals surface area contributed by atoms with Gasteiger partial charge in [-0.1, -0.05) is 17.7 Å². The predicted molar refractivity (Wildman–Crippen MR) is 88.7 cm³/mol. The fourth-order valence-corrected chi connectivity index (χ4v) is 2.12. The molecule has 0 aliphatic rings. The molecule has 0 bridgehead atoms. The maximum Gasteiger partial charge on any atom is 0.271 e. The van der Waals surface area contributed by atoms with Crippen molar-refractivity contribution in [2.24, 2.45) is 5.10 Å². The monoisotopic (exact) mass is 311 g/mol. The van der Waals surface area contributed by atoms with E-state index in [0.29, 0.717) is 11.3 Å². The van der Waals surface area contributed by atoms with E-state index in [2.05, 4.69) is 10.5 Å². The zero-order chi connectivity index (χ0) is 17.0. The molecule has 23 heavy (non-hydrogen) atoms. The molecule has 0 aromatic heterocycles. The smallest absolute Gasteiger partial charge is 0.267 e. The zero-order valence-corrected chi connectivity index (χ0v) is 13.2. The van der Waals surface area contributed by atoms with Crippen LogP contribution >= 0.6 is 0 Å².